The molecule has 14 nitrogen and oxygen atoms in total. The predicted octanol–water partition coefficient (Wildman–Crippen LogP) is 8.57. The number of rotatable bonds is 21. The van der Waals surface area contributed by atoms with Crippen LogP contribution < -0.4 is 30.3 Å². The van der Waals surface area contributed by atoms with Crippen LogP contribution in [0.25, 0.3) is 10.4 Å². The number of alkyl halides is 4. The molecular formula is C52H58ClF3N6O8S. The molecule has 1 aliphatic heterocycles. The third kappa shape index (κ3) is 15.2. The molecule has 378 valence electrons. The number of hydrogen-bond donors (Lipinski definition) is 4. The number of nitrogens with one attached hydrogen (secondary N) is 3. The summed E-state index contributed by atoms with van der Waals surface area (Å²) in [5, 5.41) is 18.7. The van der Waals surface area contributed by atoms with E-state index in [9.17, 15) is 42.3 Å². The summed E-state index contributed by atoms with van der Waals surface area (Å²) in [6, 6.07) is 25.5. The Morgan fingerprint density at radius 2 is 1.54 bits per heavy atom. The second-order valence-electron chi connectivity index (χ2n) is 18.2. The zero-order chi connectivity index (χ0) is 51.3. The predicted molar refractivity (Wildman–Crippen MR) is 265 cm³/mol. The molecule has 0 spiro atoms. The number of aryl methyl sites for hydroxylation is 1. The highest BCUT2D eigenvalue weighted by Gasteiger charge is 2.44. The van der Waals surface area contributed by atoms with Crippen LogP contribution in [0.2, 0.25) is 0 Å². The number of carbonyl (C=O) groups is 5. The third-order valence-corrected chi connectivity index (χ3v) is 12.9. The fraction of sp³-hybridized carbons (Fsp3) is 0.385. The topological polar surface area (TPSA) is 179 Å². The molecule has 0 aliphatic carbocycles. The quantitative estimate of drug-likeness (QED) is 0.0414. The van der Waals surface area contributed by atoms with Crippen LogP contribution in [0.5, 0.6) is 17.2 Å². The number of hydrogen-bond acceptors (Lipinski definition) is 10. The SMILES string of the molecule is Cc1ncsc1-c1ccc(CNC(=O)C2CC(O)CN2C(=O)C(NC(=O)CCC(=O)NCCCCOc2ccc(Oc3ccc(N(Cc4ccccc4)C(=O)CCl)cc3)cc2)C(C)(C)C)cc1C(F)(F)F. The lowest BCUT2D eigenvalue weighted by molar-refractivity contribution is -0.144. The monoisotopic (exact) mass is 1020 g/mol. The summed E-state index contributed by atoms with van der Waals surface area (Å²) in [6.45, 7) is 7.48. The standard InChI is InChI=1S/C52H58ClF3N6O8S/c1-33-47(71-32-59-33)41-21-12-35(26-42(41)52(54,55)56)29-58-49(67)43-27-37(63)31-62(43)50(68)48(51(2,3)4)60-45(65)23-22-44(64)57-24-8-9-25-69-38-17-19-40(20-18-38)70-39-15-13-36(14-16-39)61(46(66)28-53)30-34-10-6-5-7-11-34/h5-7,10-21,26,32,37,43,48,63H,8-9,22-25,27-31H2,1-4H3,(H,57,64)(H,58,67)(H,60,65). The minimum Gasteiger partial charge on any atom is -0.494 e. The van der Waals surface area contributed by atoms with Gasteiger partial charge in [0.05, 0.1) is 40.9 Å². The lowest BCUT2D eigenvalue weighted by Crippen LogP contribution is -2.57. The average Bonchev–Trinajstić information content (AvgIpc) is 3.96. The number of anilines is 1. The van der Waals surface area contributed by atoms with Gasteiger partial charge in [-0.25, -0.2) is 4.98 Å². The number of halogens is 4. The van der Waals surface area contributed by atoms with Gasteiger partial charge < -0.3 is 40.3 Å². The maximum atomic E-state index is 14.1. The number of unbranched alkanes of at least 4 members (excludes halogenated alkanes) is 1. The minimum absolute atomic E-state index is 0.0163. The van der Waals surface area contributed by atoms with Crippen molar-refractivity contribution >= 4 is 58.2 Å². The number of nitrogens with zero attached hydrogens (tertiary/aromatic N) is 3. The molecule has 5 amide bonds. The Hall–Kier alpha value is -6.50. The summed E-state index contributed by atoms with van der Waals surface area (Å²) in [6.07, 6.45) is -4.93. The largest absolute Gasteiger partial charge is 0.494 e. The highest BCUT2D eigenvalue weighted by Crippen LogP contribution is 2.40. The Kier molecular flexibility index (Phi) is 18.6. The van der Waals surface area contributed by atoms with Gasteiger partial charge in [-0.2, -0.15) is 13.2 Å². The number of amides is 5. The van der Waals surface area contributed by atoms with Crippen molar-refractivity contribution < 1.29 is 51.7 Å². The molecule has 71 heavy (non-hydrogen) atoms. The summed E-state index contributed by atoms with van der Waals surface area (Å²) < 4.78 is 54.2. The highest BCUT2D eigenvalue weighted by molar-refractivity contribution is 7.13. The van der Waals surface area contributed by atoms with Crippen molar-refractivity contribution in [3.63, 3.8) is 0 Å². The first-order chi connectivity index (χ1) is 33.8. The molecular weight excluding hydrogens is 961 g/mol. The Labute approximate surface area is 419 Å². The number of β-amino-alcohol motifs (C(OH)–C–C–N with tert-alkyl or cyclic N) is 1. The number of aliphatic hydroxyl groups is 1. The lowest BCUT2D eigenvalue weighted by Gasteiger charge is -2.35. The molecule has 1 saturated heterocycles. The van der Waals surface area contributed by atoms with Crippen LogP contribution in [0.3, 0.4) is 0 Å². The van der Waals surface area contributed by atoms with Crippen LogP contribution in [0.1, 0.15) is 75.3 Å². The van der Waals surface area contributed by atoms with E-state index in [-0.39, 0.29) is 61.2 Å². The van der Waals surface area contributed by atoms with E-state index < -0.39 is 53.1 Å². The Balaban J connectivity index is 0.900. The van der Waals surface area contributed by atoms with Crippen molar-refractivity contribution in [1.82, 2.24) is 25.8 Å². The van der Waals surface area contributed by atoms with Gasteiger partial charge in [0.1, 0.15) is 35.2 Å². The van der Waals surface area contributed by atoms with Gasteiger partial charge >= 0.3 is 6.18 Å². The highest BCUT2D eigenvalue weighted by atomic mass is 35.5. The van der Waals surface area contributed by atoms with Gasteiger partial charge in [-0.3, -0.25) is 24.0 Å². The molecule has 19 heteroatoms. The number of carbonyl (C=O) groups excluding carboxylic acids is 5. The van der Waals surface area contributed by atoms with E-state index in [0.717, 1.165) is 23.0 Å². The second kappa shape index (κ2) is 24.6. The fourth-order valence-corrected chi connectivity index (χ4v) is 8.90. The Bertz CT molecular complexity index is 2610. The van der Waals surface area contributed by atoms with E-state index in [1.807, 2.05) is 30.3 Å². The maximum Gasteiger partial charge on any atom is 0.417 e. The molecule has 0 bridgehead atoms. The van der Waals surface area contributed by atoms with Crippen LogP contribution in [0, 0.1) is 12.3 Å². The van der Waals surface area contributed by atoms with Crippen molar-refractivity contribution in [2.24, 2.45) is 5.41 Å². The van der Waals surface area contributed by atoms with Crippen molar-refractivity contribution in [3.05, 3.63) is 125 Å². The summed E-state index contributed by atoms with van der Waals surface area (Å²) in [4.78, 5) is 73.2. The fourth-order valence-electron chi connectivity index (χ4n) is 7.91. The molecule has 4 aromatic carbocycles. The van der Waals surface area contributed by atoms with E-state index in [4.69, 9.17) is 21.1 Å². The summed E-state index contributed by atoms with van der Waals surface area (Å²) >= 11 is 6.99. The van der Waals surface area contributed by atoms with Crippen LogP contribution in [0.4, 0.5) is 18.9 Å². The smallest absolute Gasteiger partial charge is 0.417 e. The lowest BCUT2D eigenvalue weighted by atomic mass is 9.85. The van der Waals surface area contributed by atoms with Gasteiger partial charge in [-0.05, 0) is 90.9 Å². The molecule has 2 heterocycles. The summed E-state index contributed by atoms with van der Waals surface area (Å²) in [5.74, 6) is -0.739. The first-order valence-electron chi connectivity index (χ1n) is 23.1. The number of aliphatic hydroxyl groups excluding tert-OH is 1. The zero-order valence-corrected chi connectivity index (χ0v) is 41.5. The first-order valence-corrected chi connectivity index (χ1v) is 24.6. The van der Waals surface area contributed by atoms with Crippen molar-refractivity contribution in [2.75, 3.05) is 30.5 Å². The molecule has 1 aromatic heterocycles. The number of likely N-dealkylation sites (tertiary alicyclic amines) is 1. The van der Waals surface area contributed by atoms with Gasteiger partial charge in [0.15, 0.2) is 0 Å². The van der Waals surface area contributed by atoms with Crippen LogP contribution in [-0.4, -0.2) is 88.3 Å². The number of thiazole rings is 1. The minimum atomic E-state index is -4.67. The average molecular weight is 1020 g/mol. The van der Waals surface area contributed by atoms with Gasteiger partial charge in [-0.1, -0.05) is 63.2 Å². The van der Waals surface area contributed by atoms with Gasteiger partial charge in [0, 0.05) is 50.1 Å². The van der Waals surface area contributed by atoms with Crippen LogP contribution in [-0.2, 0) is 43.2 Å². The van der Waals surface area contributed by atoms with Crippen LogP contribution in [0.15, 0.2) is 103 Å². The van der Waals surface area contributed by atoms with Crippen LogP contribution >= 0.6 is 22.9 Å². The van der Waals surface area contributed by atoms with Crippen molar-refractivity contribution in [2.45, 2.75) is 97.3 Å². The van der Waals surface area contributed by atoms with Crippen molar-refractivity contribution in [3.8, 4) is 27.7 Å². The Morgan fingerprint density at radius 3 is 2.17 bits per heavy atom. The summed E-state index contributed by atoms with van der Waals surface area (Å²) in [7, 11) is 0. The summed E-state index contributed by atoms with van der Waals surface area (Å²) in [5.41, 5.74) is 2.06. The molecule has 3 atom stereocenters. The zero-order valence-electron chi connectivity index (χ0n) is 39.9. The normalized spacial score (nSPS) is 15.1. The van der Waals surface area contributed by atoms with Gasteiger partial charge in [0.2, 0.25) is 29.5 Å². The third-order valence-electron chi connectivity index (χ3n) is 11.7. The van der Waals surface area contributed by atoms with E-state index in [1.165, 1.54) is 22.5 Å². The van der Waals surface area contributed by atoms with Crippen molar-refractivity contribution in [1.29, 1.82) is 0 Å². The van der Waals surface area contributed by atoms with Gasteiger partial charge in [-0.15, -0.1) is 22.9 Å². The second-order valence-corrected chi connectivity index (χ2v) is 19.3. The molecule has 3 unspecified atom stereocenters. The number of ether oxygens (including phenoxy) is 2. The molecule has 5 aromatic rings. The van der Waals surface area contributed by atoms with E-state index in [2.05, 4.69) is 20.9 Å². The molecule has 0 radical (unpaired) electrons. The molecule has 1 aliphatic rings. The van der Waals surface area contributed by atoms with Gasteiger partial charge in [0.25, 0.3) is 0 Å². The number of benzene rings is 4. The molecule has 6 rings (SSSR count). The molecule has 0 saturated carbocycles. The molecule has 4 N–H and O–H groups in total. The van der Waals surface area contributed by atoms with E-state index in [0.29, 0.717) is 66.0 Å². The number of aromatic nitrogens is 1. The maximum absolute atomic E-state index is 14.1. The molecule has 1 fully saturated rings. The Morgan fingerprint density at radius 1 is 0.873 bits per heavy atom. The van der Waals surface area contributed by atoms with E-state index in [1.54, 1.807) is 81.1 Å². The first kappa shape index (κ1) is 53.8. The van der Waals surface area contributed by atoms with E-state index >= 15 is 0 Å².